The number of benzene rings is 2. The highest BCUT2D eigenvalue weighted by atomic mass is 16.4. The van der Waals surface area contributed by atoms with Crippen LogP contribution in [0.5, 0.6) is 0 Å². The van der Waals surface area contributed by atoms with Gasteiger partial charge >= 0.3 is 0 Å². The lowest BCUT2D eigenvalue weighted by atomic mass is 9.95. The lowest BCUT2D eigenvalue weighted by Crippen LogP contribution is -2.27. The van der Waals surface area contributed by atoms with Crippen molar-refractivity contribution in [3.8, 4) is 0 Å². The van der Waals surface area contributed by atoms with Gasteiger partial charge in [-0.15, -0.1) is 0 Å². The molecule has 6 heteroatoms. The van der Waals surface area contributed by atoms with Crippen LogP contribution < -0.4 is 15.7 Å². The second-order valence-electron chi connectivity index (χ2n) is 6.57. The summed E-state index contributed by atoms with van der Waals surface area (Å²) in [4.78, 5) is 35.5. The average Bonchev–Trinajstić information content (AvgIpc) is 2.54. The fraction of sp³-hybridized carbons (Fsp3) is 0.211. The summed E-state index contributed by atoms with van der Waals surface area (Å²) >= 11 is 0. The van der Waals surface area contributed by atoms with Gasteiger partial charge in [-0.05, 0) is 24.3 Å². The summed E-state index contributed by atoms with van der Waals surface area (Å²) in [6.45, 7) is 5.36. The van der Waals surface area contributed by atoms with E-state index in [9.17, 15) is 19.5 Å². The molecule has 0 saturated heterocycles. The molecule has 0 fully saturated rings. The molecule has 2 rings (SSSR count). The van der Waals surface area contributed by atoms with E-state index in [1.165, 1.54) is 18.2 Å². The molecule has 6 nitrogen and oxygen atoms in total. The van der Waals surface area contributed by atoms with Crippen LogP contribution in [0.3, 0.4) is 0 Å². The number of carbonyl (C=O) groups excluding carboxylic acids is 3. The quantitative estimate of drug-likeness (QED) is 0.893. The lowest BCUT2D eigenvalue weighted by Gasteiger charge is -2.18. The number of amides is 2. The summed E-state index contributed by atoms with van der Waals surface area (Å²) < 4.78 is 0. The van der Waals surface area contributed by atoms with Crippen molar-refractivity contribution in [1.82, 2.24) is 0 Å². The van der Waals surface area contributed by atoms with Gasteiger partial charge in [-0.2, -0.15) is 0 Å². The number of rotatable bonds is 4. The van der Waals surface area contributed by atoms with Gasteiger partial charge < -0.3 is 20.5 Å². The Labute approximate surface area is 145 Å². The highest BCUT2D eigenvalue weighted by molar-refractivity contribution is 6.08. The normalized spacial score (nSPS) is 10.8. The molecule has 25 heavy (non-hydrogen) atoms. The standard InChI is InChI=1S/C19H20N2O4/c1-19(2,3)18(25)20-13-8-6-7-12(11-13)16(22)21-15-10-5-4-9-14(15)17(23)24/h4-11H,1-3H3,(H,20,25)(H,21,22)(H,23,24)/p-1. The zero-order valence-electron chi connectivity index (χ0n) is 14.3. The first kappa shape index (κ1) is 18.2. The molecule has 0 radical (unpaired) electrons. The third kappa shape index (κ3) is 4.67. The average molecular weight is 339 g/mol. The second kappa shape index (κ2) is 7.17. The van der Waals surface area contributed by atoms with Gasteiger partial charge in [-0.25, -0.2) is 0 Å². The van der Waals surface area contributed by atoms with Crippen LogP contribution in [0.25, 0.3) is 0 Å². The zero-order chi connectivity index (χ0) is 18.6. The Balaban J connectivity index is 2.20. The number of carboxylic acid groups (broad SMARTS) is 1. The van der Waals surface area contributed by atoms with Crippen molar-refractivity contribution in [3.63, 3.8) is 0 Å². The van der Waals surface area contributed by atoms with Gasteiger partial charge in [0.25, 0.3) is 5.91 Å². The predicted molar refractivity (Wildman–Crippen MR) is 93.3 cm³/mol. The number of nitrogens with one attached hydrogen (secondary N) is 2. The molecule has 0 saturated carbocycles. The molecule has 0 unspecified atom stereocenters. The summed E-state index contributed by atoms with van der Waals surface area (Å²) in [7, 11) is 0. The van der Waals surface area contributed by atoms with Crippen LogP contribution in [0.15, 0.2) is 48.5 Å². The molecule has 2 aromatic rings. The number of aromatic carboxylic acids is 1. The van der Waals surface area contributed by atoms with Crippen LogP contribution in [-0.2, 0) is 4.79 Å². The van der Waals surface area contributed by atoms with Gasteiger partial charge in [-0.3, -0.25) is 9.59 Å². The summed E-state index contributed by atoms with van der Waals surface area (Å²) in [6, 6.07) is 12.4. The van der Waals surface area contributed by atoms with E-state index in [2.05, 4.69) is 10.6 Å². The third-order valence-corrected chi connectivity index (χ3v) is 3.46. The van der Waals surface area contributed by atoms with E-state index < -0.39 is 17.3 Å². The van der Waals surface area contributed by atoms with Gasteiger partial charge in [-0.1, -0.05) is 45.0 Å². The molecular weight excluding hydrogens is 320 g/mol. The minimum Gasteiger partial charge on any atom is -0.545 e. The molecule has 0 aliphatic rings. The Morgan fingerprint density at radius 3 is 2.24 bits per heavy atom. The van der Waals surface area contributed by atoms with E-state index in [0.717, 1.165) is 0 Å². The molecule has 2 amide bonds. The van der Waals surface area contributed by atoms with Gasteiger partial charge in [0.2, 0.25) is 5.91 Å². The Morgan fingerprint density at radius 1 is 0.920 bits per heavy atom. The van der Waals surface area contributed by atoms with E-state index in [-0.39, 0.29) is 17.2 Å². The van der Waals surface area contributed by atoms with Crippen molar-refractivity contribution in [3.05, 3.63) is 59.7 Å². The van der Waals surface area contributed by atoms with Gasteiger partial charge in [0.05, 0.1) is 11.7 Å². The first-order valence-corrected chi connectivity index (χ1v) is 7.72. The minimum atomic E-state index is -1.37. The van der Waals surface area contributed by atoms with E-state index in [4.69, 9.17) is 0 Å². The summed E-state index contributed by atoms with van der Waals surface area (Å²) in [6.07, 6.45) is 0. The van der Waals surface area contributed by atoms with Crippen LogP contribution in [0.2, 0.25) is 0 Å². The first-order chi connectivity index (χ1) is 11.7. The maximum atomic E-state index is 12.4. The smallest absolute Gasteiger partial charge is 0.255 e. The number of carbonyl (C=O) groups is 3. The highest BCUT2D eigenvalue weighted by Crippen LogP contribution is 2.20. The molecule has 0 aliphatic heterocycles. The summed E-state index contributed by atoms with van der Waals surface area (Å²) in [5, 5.41) is 16.4. The van der Waals surface area contributed by atoms with Gasteiger partial charge in [0, 0.05) is 22.2 Å². The molecule has 0 heterocycles. The molecule has 0 spiro atoms. The number of anilines is 2. The Hall–Kier alpha value is -3.15. The van der Waals surface area contributed by atoms with E-state index in [1.807, 2.05) is 0 Å². The van der Waals surface area contributed by atoms with Crippen molar-refractivity contribution in [2.75, 3.05) is 10.6 Å². The van der Waals surface area contributed by atoms with Crippen molar-refractivity contribution < 1.29 is 19.5 Å². The maximum Gasteiger partial charge on any atom is 0.255 e. The van der Waals surface area contributed by atoms with Crippen LogP contribution in [0.4, 0.5) is 11.4 Å². The summed E-state index contributed by atoms with van der Waals surface area (Å²) in [5.74, 6) is -2.03. The maximum absolute atomic E-state index is 12.4. The molecule has 2 aromatic carbocycles. The summed E-state index contributed by atoms with van der Waals surface area (Å²) in [5.41, 5.74) is 0.261. The molecule has 0 bridgehead atoms. The van der Waals surface area contributed by atoms with Gasteiger partial charge in [0.15, 0.2) is 0 Å². The number of hydrogen-bond acceptors (Lipinski definition) is 4. The van der Waals surface area contributed by atoms with Crippen LogP contribution in [0, 0.1) is 5.41 Å². The van der Waals surface area contributed by atoms with Crippen molar-refractivity contribution in [1.29, 1.82) is 0 Å². The zero-order valence-corrected chi connectivity index (χ0v) is 14.3. The van der Waals surface area contributed by atoms with Crippen LogP contribution in [0.1, 0.15) is 41.5 Å². The monoisotopic (exact) mass is 339 g/mol. The second-order valence-corrected chi connectivity index (χ2v) is 6.57. The number of para-hydroxylation sites is 1. The topological polar surface area (TPSA) is 98.3 Å². The van der Waals surface area contributed by atoms with Crippen molar-refractivity contribution in [2.24, 2.45) is 5.41 Å². The molecule has 2 N–H and O–H groups in total. The van der Waals surface area contributed by atoms with Crippen molar-refractivity contribution >= 4 is 29.2 Å². The third-order valence-electron chi connectivity index (χ3n) is 3.46. The number of hydrogen-bond donors (Lipinski definition) is 2. The molecular formula is C19H19N2O4-. The van der Waals surface area contributed by atoms with E-state index in [1.54, 1.807) is 51.1 Å². The predicted octanol–water partition coefficient (Wildman–Crippen LogP) is 2.29. The van der Waals surface area contributed by atoms with Crippen LogP contribution >= 0.6 is 0 Å². The Morgan fingerprint density at radius 2 is 1.60 bits per heavy atom. The highest BCUT2D eigenvalue weighted by Gasteiger charge is 2.21. The van der Waals surface area contributed by atoms with Crippen molar-refractivity contribution in [2.45, 2.75) is 20.8 Å². The lowest BCUT2D eigenvalue weighted by molar-refractivity contribution is -0.254. The minimum absolute atomic E-state index is 0.104. The fourth-order valence-electron chi connectivity index (χ4n) is 2.02. The first-order valence-electron chi connectivity index (χ1n) is 7.72. The molecule has 130 valence electrons. The number of carboxylic acids is 1. The van der Waals surface area contributed by atoms with E-state index in [0.29, 0.717) is 11.3 Å². The molecule has 0 aliphatic carbocycles. The SMILES string of the molecule is CC(C)(C)C(=O)Nc1cccc(C(=O)Nc2ccccc2C(=O)[O-])c1. The van der Waals surface area contributed by atoms with E-state index >= 15 is 0 Å². The molecule has 0 aromatic heterocycles. The van der Waals surface area contributed by atoms with Crippen LogP contribution in [-0.4, -0.2) is 17.8 Å². The Kier molecular flexibility index (Phi) is 5.22. The van der Waals surface area contributed by atoms with Gasteiger partial charge in [0.1, 0.15) is 0 Å². The molecule has 0 atom stereocenters. The fourth-order valence-corrected chi connectivity index (χ4v) is 2.02. The Bertz CT molecular complexity index is 822. The largest absolute Gasteiger partial charge is 0.545 e.